The smallest absolute Gasteiger partial charge is 0.461 e. The minimum absolute atomic E-state index is 0. The number of hydrogen-bond acceptors (Lipinski definition) is 8. The number of aliphatic hydroxyl groups excluding tert-OH is 2. The molecule has 9 heteroatoms. The quantitative estimate of drug-likeness (QED) is 0.0821. The van der Waals surface area contributed by atoms with Gasteiger partial charge in [0, 0.05) is 11.8 Å². The van der Waals surface area contributed by atoms with Crippen LogP contribution >= 0.6 is 0 Å². The Morgan fingerprint density at radius 1 is 0.522 bits per heavy atom. The first-order chi connectivity index (χ1) is 31.5. The third-order valence-electron chi connectivity index (χ3n) is 13.9. The summed E-state index contributed by atoms with van der Waals surface area (Å²) in [5.41, 5.74) is 3.91. The second-order valence-electron chi connectivity index (χ2n) is 21.0. The van der Waals surface area contributed by atoms with E-state index in [2.05, 4.69) is 55.4 Å². The Hall–Kier alpha value is -3.89. The summed E-state index contributed by atoms with van der Waals surface area (Å²) in [6.45, 7) is 21.7. The Morgan fingerprint density at radius 3 is 1.12 bits per heavy atom. The largest absolute Gasteiger partial charge is 2.00 e. The average molecular weight is 951 g/mol. The molecule has 362 valence electrons. The SMILES string of the molecule is CC(C)(C)C1CC(COC2CCCCC2OCC2CC(C(C)(C)C)CC(C(=O)OCc3ccccc3)C2O)C(O)C(C(=O)OCc2ccccc2)C1.[CH2-]c1ccccc1.[CH2-]c1ccccc1.[Ti+2]. The number of benzene rings is 4. The molecule has 0 bridgehead atoms. The summed E-state index contributed by atoms with van der Waals surface area (Å²) in [7, 11) is 0. The van der Waals surface area contributed by atoms with Crippen LogP contribution in [0.1, 0.15) is 115 Å². The van der Waals surface area contributed by atoms with Crippen molar-refractivity contribution in [2.75, 3.05) is 13.2 Å². The van der Waals surface area contributed by atoms with Crippen LogP contribution in [0.15, 0.2) is 121 Å². The van der Waals surface area contributed by atoms with E-state index in [1.807, 2.05) is 121 Å². The van der Waals surface area contributed by atoms with E-state index in [9.17, 15) is 19.8 Å². The molecule has 7 rings (SSSR count). The Balaban J connectivity index is 0.000000555. The summed E-state index contributed by atoms with van der Waals surface area (Å²) in [4.78, 5) is 26.8. The van der Waals surface area contributed by atoms with Gasteiger partial charge in [0.1, 0.15) is 13.2 Å². The third kappa shape index (κ3) is 18.2. The van der Waals surface area contributed by atoms with Gasteiger partial charge >= 0.3 is 33.7 Å². The van der Waals surface area contributed by atoms with Crippen molar-refractivity contribution in [3.63, 3.8) is 0 Å². The number of rotatable bonds is 12. The summed E-state index contributed by atoms with van der Waals surface area (Å²) in [5.74, 6) is -1.86. The van der Waals surface area contributed by atoms with Gasteiger partial charge < -0.3 is 29.2 Å². The predicted molar refractivity (Wildman–Crippen MR) is 263 cm³/mol. The van der Waals surface area contributed by atoms with Crippen LogP contribution in [0.5, 0.6) is 0 Å². The fourth-order valence-electron chi connectivity index (χ4n) is 9.54. The van der Waals surface area contributed by atoms with Crippen LogP contribution < -0.4 is 0 Å². The molecule has 10 atom stereocenters. The van der Waals surface area contributed by atoms with Crippen molar-refractivity contribution in [1.29, 1.82) is 0 Å². The van der Waals surface area contributed by atoms with Gasteiger partial charge in [-0.2, -0.15) is 49.2 Å². The zero-order valence-electron chi connectivity index (χ0n) is 41.1. The molecular weight excluding hydrogens is 872 g/mol. The van der Waals surface area contributed by atoms with Crippen molar-refractivity contribution in [2.45, 2.75) is 131 Å². The van der Waals surface area contributed by atoms with Gasteiger partial charge in [0.2, 0.25) is 0 Å². The zero-order valence-corrected chi connectivity index (χ0v) is 42.6. The first-order valence-corrected chi connectivity index (χ1v) is 24.2. The topological polar surface area (TPSA) is 112 Å². The Bertz CT molecular complexity index is 1840. The van der Waals surface area contributed by atoms with Crippen molar-refractivity contribution >= 4 is 11.9 Å². The van der Waals surface area contributed by atoms with E-state index in [0.29, 0.717) is 26.1 Å². The maximum atomic E-state index is 13.4. The Labute approximate surface area is 417 Å². The standard InChI is InChI=1S/C44H64O8.2C7H7.Ti/c1-43(2,3)33-21-31(39(45)35(23-33)41(47)51-25-29-15-9-7-10-16-29)27-49-37-19-13-14-20-38(37)50-28-32-22-34(44(4,5)6)24-36(40(32)46)42(48)52-26-30-17-11-8-12-18-30;2*1-7-5-3-2-4-6-7;/h7-12,15-18,31-40,45-46H,13-14,19-28H2,1-6H3;2*2-6H,1H2;/q;2*-1;+2. The van der Waals surface area contributed by atoms with Gasteiger partial charge in [0.15, 0.2) is 0 Å². The van der Waals surface area contributed by atoms with E-state index in [1.165, 1.54) is 0 Å². The number of hydrogen-bond donors (Lipinski definition) is 2. The molecule has 3 aliphatic rings. The van der Waals surface area contributed by atoms with E-state index >= 15 is 0 Å². The summed E-state index contributed by atoms with van der Waals surface area (Å²) >= 11 is 0. The molecule has 0 aromatic heterocycles. The average Bonchev–Trinajstić information content (AvgIpc) is 3.30. The van der Waals surface area contributed by atoms with Gasteiger partial charge in [0.05, 0.1) is 49.5 Å². The minimum atomic E-state index is -0.852. The second kappa shape index (κ2) is 27.3. The van der Waals surface area contributed by atoms with Crippen molar-refractivity contribution in [1.82, 2.24) is 0 Å². The maximum Gasteiger partial charge on any atom is 2.00 e. The van der Waals surface area contributed by atoms with Crippen LogP contribution in [-0.4, -0.2) is 59.8 Å². The van der Waals surface area contributed by atoms with Crippen molar-refractivity contribution in [2.24, 2.45) is 46.3 Å². The van der Waals surface area contributed by atoms with Gasteiger partial charge in [-0.05, 0) is 72.3 Å². The summed E-state index contributed by atoms with van der Waals surface area (Å²) < 4.78 is 24.7. The predicted octanol–water partition coefficient (Wildman–Crippen LogP) is 11.7. The van der Waals surface area contributed by atoms with Crippen LogP contribution in [0, 0.1) is 60.2 Å². The van der Waals surface area contributed by atoms with Crippen molar-refractivity contribution in [3.05, 3.63) is 157 Å². The first-order valence-electron chi connectivity index (χ1n) is 24.2. The van der Waals surface area contributed by atoms with Crippen molar-refractivity contribution in [3.8, 4) is 0 Å². The Morgan fingerprint density at radius 2 is 0.836 bits per heavy atom. The van der Waals surface area contributed by atoms with Gasteiger partial charge in [-0.15, -0.1) is 24.3 Å². The molecule has 3 fully saturated rings. The van der Waals surface area contributed by atoms with Crippen molar-refractivity contribution < 1.29 is 60.5 Å². The normalized spacial score (nSPS) is 26.2. The number of carbonyl (C=O) groups excluding carboxylic acids is 2. The number of aliphatic hydroxyl groups is 2. The Kier molecular flexibility index (Phi) is 22.7. The molecule has 0 radical (unpaired) electrons. The minimum Gasteiger partial charge on any atom is -0.461 e. The maximum absolute atomic E-state index is 13.4. The van der Waals surface area contributed by atoms with Gasteiger partial charge in [-0.1, -0.05) is 127 Å². The van der Waals surface area contributed by atoms with Crippen LogP contribution in [-0.2, 0) is 63.5 Å². The molecule has 0 heterocycles. The van der Waals surface area contributed by atoms with E-state index in [4.69, 9.17) is 18.9 Å². The molecule has 0 spiro atoms. The molecule has 67 heavy (non-hydrogen) atoms. The molecule has 3 aliphatic carbocycles. The van der Waals surface area contributed by atoms with E-state index in [-0.39, 0.29) is 93.6 Å². The van der Waals surface area contributed by atoms with Gasteiger partial charge in [-0.3, -0.25) is 9.59 Å². The van der Waals surface area contributed by atoms with Crippen LogP contribution in [0.3, 0.4) is 0 Å². The van der Waals surface area contributed by atoms with E-state index < -0.39 is 24.0 Å². The fraction of sp³-hybridized carbons (Fsp3) is 0.517. The first kappa shape index (κ1) is 55.7. The summed E-state index contributed by atoms with van der Waals surface area (Å²) in [6.07, 6.45) is 4.49. The van der Waals surface area contributed by atoms with E-state index in [0.717, 1.165) is 60.8 Å². The summed E-state index contributed by atoms with van der Waals surface area (Å²) in [6, 6.07) is 39.0. The fourth-order valence-corrected chi connectivity index (χ4v) is 9.54. The van der Waals surface area contributed by atoms with Gasteiger partial charge in [0.25, 0.3) is 0 Å². The van der Waals surface area contributed by atoms with Gasteiger partial charge in [-0.25, -0.2) is 0 Å². The summed E-state index contributed by atoms with van der Waals surface area (Å²) in [5, 5.41) is 23.1. The number of ether oxygens (including phenoxy) is 4. The second-order valence-corrected chi connectivity index (χ2v) is 21.0. The van der Waals surface area contributed by atoms with E-state index in [1.54, 1.807) is 0 Å². The molecule has 4 aromatic carbocycles. The number of carbonyl (C=O) groups is 2. The molecule has 2 N–H and O–H groups in total. The molecule has 4 aromatic rings. The molecule has 3 saturated carbocycles. The molecule has 8 nitrogen and oxygen atoms in total. The molecule has 10 unspecified atom stereocenters. The molecule has 0 amide bonds. The zero-order chi connectivity index (χ0) is 47.7. The third-order valence-corrected chi connectivity index (χ3v) is 13.9. The van der Waals surface area contributed by atoms with Crippen LogP contribution in [0.25, 0.3) is 0 Å². The van der Waals surface area contributed by atoms with Crippen LogP contribution in [0.4, 0.5) is 0 Å². The number of esters is 2. The molecule has 0 aliphatic heterocycles. The monoisotopic (exact) mass is 951 g/mol. The molecule has 0 saturated heterocycles. The van der Waals surface area contributed by atoms with Crippen LogP contribution in [0.2, 0.25) is 0 Å². The molecular formula is C58H78O8Ti.